The quantitative estimate of drug-likeness (QED) is 0.849. The van der Waals surface area contributed by atoms with Gasteiger partial charge in [0, 0.05) is 18.4 Å². The average Bonchev–Trinajstić information content (AvgIpc) is 2.75. The second-order valence-electron chi connectivity index (χ2n) is 4.61. The van der Waals surface area contributed by atoms with Crippen molar-refractivity contribution in [3.63, 3.8) is 0 Å². The van der Waals surface area contributed by atoms with Crippen LogP contribution in [-0.4, -0.2) is 47.3 Å². The van der Waals surface area contributed by atoms with Crippen LogP contribution < -0.4 is 4.90 Å². The summed E-state index contributed by atoms with van der Waals surface area (Å²) in [6, 6.07) is 1.67. The van der Waals surface area contributed by atoms with Gasteiger partial charge in [-0.1, -0.05) is 0 Å². The first-order valence-electron chi connectivity index (χ1n) is 5.84. The first kappa shape index (κ1) is 12.8. The van der Waals surface area contributed by atoms with Crippen molar-refractivity contribution >= 4 is 11.9 Å². The lowest BCUT2D eigenvalue weighted by Gasteiger charge is -2.26. The molecule has 6 heteroatoms. The SMILES string of the molecule is Cc1cc(C)nc(N(C)C2COCC2C(=O)O)n1. The minimum atomic E-state index is -0.839. The van der Waals surface area contributed by atoms with Gasteiger partial charge in [0.1, 0.15) is 5.92 Å². The fourth-order valence-electron chi connectivity index (χ4n) is 2.17. The number of nitrogens with zero attached hydrogens (tertiary/aromatic N) is 3. The normalized spacial score (nSPS) is 23.1. The van der Waals surface area contributed by atoms with E-state index in [1.54, 1.807) is 4.90 Å². The molecule has 0 spiro atoms. The van der Waals surface area contributed by atoms with Crippen molar-refractivity contribution in [2.75, 3.05) is 25.2 Å². The Hall–Kier alpha value is -1.69. The number of carboxylic acids is 1. The Morgan fingerprint density at radius 1 is 1.39 bits per heavy atom. The first-order chi connectivity index (χ1) is 8.49. The fraction of sp³-hybridized carbons (Fsp3) is 0.583. The molecule has 1 aromatic rings. The van der Waals surface area contributed by atoms with E-state index in [2.05, 4.69) is 9.97 Å². The number of hydrogen-bond acceptors (Lipinski definition) is 5. The number of likely N-dealkylation sites (N-methyl/N-ethyl adjacent to an activating group) is 1. The van der Waals surface area contributed by atoms with Gasteiger partial charge in [0.15, 0.2) is 0 Å². The molecule has 18 heavy (non-hydrogen) atoms. The lowest BCUT2D eigenvalue weighted by Crippen LogP contribution is -2.41. The monoisotopic (exact) mass is 251 g/mol. The Balaban J connectivity index is 2.24. The number of carbonyl (C=O) groups is 1. The molecule has 2 rings (SSSR count). The zero-order chi connectivity index (χ0) is 13.3. The highest BCUT2D eigenvalue weighted by Crippen LogP contribution is 2.22. The fourth-order valence-corrected chi connectivity index (χ4v) is 2.17. The predicted octanol–water partition coefficient (Wildman–Crippen LogP) is 0.629. The van der Waals surface area contributed by atoms with Crippen LogP contribution in [0.4, 0.5) is 5.95 Å². The van der Waals surface area contributed by atoms with Crippen LogP contribution in [0.5, 0.6) is 0 Å². The Morgan fingerprint density at radius 2 is 2.00 bits per heavy atom. The van der Waals surface area contributed by atoms with E-state index in [9.17, 15) is 4.79 Å². The standard InChI is InChI=1S/C12H17N3O3/c1-7-4-8(2)14-12(13-7)15(3)10-6-18-5-9(10)11(16)17/h4,9-10H,5-6H2,1-3H3,(H,16,17). The van der Waals surface area contributed by atoms with E-state index in [1.165, 1.54) is 0 Å². The molecule has 1 N–H and O–H groups in total. The summed E-state index contributed by atoms with van der Waals surface area (Å²) in [4.78, 5) is 21.6. The Morgan fingerprint density at radius 3 is 2.56 bits per heavy atom. The molecular weight excluding hydrogens is 234 g/mol. The third-order valence-corrected chi connectivity index (χ3v) is 3.15. The Labute approximate surface area is 106 Å². The zero-order valence-electron chi connectivity index (χ0n) is 10.8. The van der Waals surface area contributed by atoms with Gasteiger partial charge in [-0.3, -0.25) is 4.79 Å². The number of carboxylic acid groups (broad SMARTS) is 1. The molecule has 0 aromatic carbocycles. The molecule has 2 unspecified atom stereocenters. The second kappa shape index (κ2) is 4.89. The van der Waals surface area contributed by atoms with Crippen LogP contribution in [0.2, 0.25) is 0 Å². The van der Waals surface area contributed by atoms with Crippen LogP contribution in [0.15, 0.2) is 6.07 Å². The maximum Gasteiger partial charge on any atom is 0.311 e. The van der Waals surface area contributed by atoms with Crippen LogP contribution in [0.25, 0.3) is 0 Å². The molecule has 0 bridgehead atoms. The van der Waals surface area contributed by atoms with Gasteiger partial charge in [-0.2, -0.15) is 0 Å². The van der Waals surface area contributed by atoms with Crippen LogP contribution in [0, 0.1) is 19.8 Å². The van der Waals surface area contributed by atoms with Crippen molar-refractivity contribution in [3.05, 3.63) is 17.5 Å². The van der Waals surface area contributed by atoms with E-state index in [-0.39, 0.29) is 12.6 Å². The van der Waals surface area contributed by atoms with E-state index in [1.807, 2.05) is 27.0 Å². The third-order valence-electron chi connectivity index (χ3n) is 3.15. The number of rotatable bonds is 3. The maximum atomic E-state index is 11.1. The molecule has 0 radical (unpaired) electrons. The third kappa shape index (κ3) is 2.43. The van der Waals surface area contributed by atoms with E-state index in [0.717, 1.165) is 11.4 Å². The maximum absolute atomic E-state index is 11.1. The lowest BCUT2D eigenvalue weighted by molar-refractivity contribution is -0.141. The predicted molar refractivity (Wildman–Crippen MR) is 65.6 cm³/mol. The van der Waals surface area contributed by atoms with E-state index >= 15 is 0 Å². The highest BCUT2D eigenvalue weighted by atomic mass is 16.5. The number of hydrogen-bond donors (Lipinski definition) is 1. The van der Waals surface area contributed by atoms with Gasteiger partial charge in [-0.05, 0) is 19.9 Å². The molecule has 1 aromatic heterocycles. The summed E-state index contributed by atoms with van der Waals surface area (Å²) in [5.74, 6) is -0.817. The van der Waals surface area contributed by atoms with E-state index in [4.69, 9.17) is 9.84 Å². The molecule has 0 aliphatic carbocycles. The van der Waals surface area contributed by atoms with Crippen molar-refractivity contribution in [1.29, 1.82) is 0 Å². The van der Waals surface area contributed by atoms with Gasteiger partial charge in [0.2, 0.25) is 5.95 Å². The van der Waals surface area contributed by atoms with Crippen molar-refractivity contribution in [2.24, 2.45) is 5.92 Å². The minimum Gasteiger partial charge on any atom is -0.481 e. The number of aliphatic carboxylic acids is 1. The van der Waals surface area contributed by atoms with Gasteiger partial charge in [0.05, 0.1) is 19.3 Å². The van der Waals surface area contributed by atoms with Gasteiger partial charge >= 0.3 is 5.97 Å². The molecule has 1 aliphatic rings. The molecule has 0 amide bonds. The summed E-state index contributed by atoms with van der Waals surface area (Å²) in [6.45, 7) is 4.43. The average molecular weight is 251 g/mol. The minimum absolute atomic E-state index is 0.219. The van der Waals surface area contributed by atoms with Crippen molar-refractivity contribution < 1.29 is 14.6 Å². The van der Waals surface area contributed by atoms with E-state index < -0.39 is 11.9 Å². The highest BCUT2D eigenvalue weighted by molar-refractivity contribution is 5.72. The van der Waals surface area contributed by atoms with Crippen LogP contribution >= 0.6 is 0 Å². The van der Waals surface area contributed by atoms with Crippen LogP contribution in [-0.2, 0) is 9.53 Å². The molecule has 6 nitrogen and oxygen atoms in total. The highest BCUT2D eigenvalue weighted by Gasteiger charge is 2.37. The summed E-state index contributed by atoms with van der Waals surface area (Å²) in [7, 11) is 1.81. The molecule has 1 saturated heterocycles. The van der Waals surface area contributed by atoms with Gasteiger partial charge in [0.25, 0.3) is 0 Å². The molecular formula is C12H17N3O3. The number of ether oxygens (including phenoxy) is 1. The van der Waals surface area contributed by atoms with Crippen molar-refractivity contribution in [2.45, 2.75) is 19.9 Å². The Kier molecular flexibility index (Phi) is 3.47. The number of anilines is 1. The summed E-state index contributed by atoms with van der Waals surface area (Å²) in [6.07, 6.45) is 0. The smallest absolute Gasteiger partial charge is 0.311 e. The molecule has 2 heterocycles. The van der Waals surface area contributed by atoms with Crippen molar-refractivity contribution in [3.8, 4) is 0 Å². The van der Waals surface area contributed by atoms with Gasteiger partial charge in [-0.15, -0.1) is 0 Å². The topological polar surface area (TPSA) is 75.6 Å². The molecule has 1 fully saturated rings. The molecule has 1 aliphatic heterocycles. The van der Waals surface area contributed by atoms with Gasteiger partial charge in [-0.25, -0.2) is 9.97 Å². The zero-order valence-corrected chi connectivity index (χ0v) is 10.8. The molecule has 98 valence electrons. The van der Waals surface area contributed by atoms with E-state index in [0.29, 0.717) is 12.6 Å². The van der Waals surface area contributed by atoms with Crippen LogP contribution in [0.1, 0.15) is 11.4 Å². The van der Waals surface area contributed by atoms with Crippen LogP contribution in [0.3, 0.4) is 0 Å². The number of aryl methyl sites for hydroxylation is 2. The summed E-state index contributed by atoms with van der Waals surface area (Å²) < 4.78 is 5.26. The van der Waals surface area contributed by atoms with Gasteiger partial charge < -0.3 is 14.7 Å². The Bertz CT molecular complexity index is 444. The summed E-state index contributed by atoms with van der Waals surface area (Å²) >= 11 is 0. The van der Waals surface area contributed by atoms with Crippen molar-refractivity contribution in [1.82, 2.24) is 9.97 Å². The second-order valence-corrected chi connectivity index (χ2v) is 4.61. The molecule has 0 saturated carbocycles. The lowest BCUT2D eigenvalue weighted by atomic mass is 10.0. The molecule has 2 atom stereocenters. The number of aromatic nitrogens is 2. The largest absolute Gasteiger partial charge is 0.481 e. The first-order valence-corrected chi connectivity index (χ1v) is 5.84. The summed E-state index contributed by atoms with van der Waals surface area (Å²) in [5, 5.41) is 9.14. The summed E-state index contributed by atoms with van der Waals surface area (Å²) in [5.41, 5.74) is 1.74.